The summed E-state index contributed by atoms with van der Waals surface area (Å²) in [4.78, 5) is -0.180. The second-order valence-electron chi connectivity index (χ2n) is 3.45. The Balaban J connectivity index is 3.18. The molecule has 0 unspecified atom stereocenters. The van der Waals surface area contributed by atoms with Crippen LogP contribution in [0.15, 0.2) is 28.2 Å². The SMILES string of the molecule is CNS(=O)(=O)c1ccc(F)c(N/N=C(\C#N)C(=N)N)c1. The molecule has 0 aliphatic carbocycles. The number of sulfonamides is 1. The summed E-state index contributed by atoms with van der Waals surface area (Å²) in [6.45, 7) is 0. The first-order valence-electron chi connectivity index (χ1n) is 5.13. The molecule has 0 atom stereocenters. The maximum Gasteiger partial charge on any atom is 0.240 e. The van der Waals surface area contributed by atoms with E-state index in [1.807, 2.05) is 0 Å². The molecule has 5 N–H and O–H groups in total. The number of nitrogens with two attached hydrogens (primary N) is 1. The third-order valence-electron chi connectivity index (χ3n) is 2.17. The van der Waals surface area contributed by atoms with Crippen LogP contribution in [0.25, 0.3) is 0 Å². The Labute approximate surface area is 114 Å². The van der Waals surface area contributed by atoms with Crippen molar-refractivity contribution in [1.82, 2.24) is 4.72 Å². The molecule has 0 aromatic heterocycles. The van der Waals surface area contributed by atoms with Gasteiger partial charge in [-0.2, -0.15) is 10.4 Å². The number of halogens is 1. The van der Waals surface area contributed by atoms with Crippen LogP contribution < -0.4 is 15.9 Å². The maximum atomic E-state index is 13.5. The topological polar surface area (TPSA) is 144 Å². The lowest BCUT2D eigenvalue weighted by Crippen LogP contribution is -2.22. The van der Waals surface area contributed by atoms with E-state index in [4.69, 9.17) is 16.4 Å². The number of amidine groups is 1. The number of benzene rings is 1. The summed E-state index contributed by atoms with van der Waals surface area (Å²) < 4.78 is 38.7. The summed E-state index contributed by atoms with van der Waals surface area (Å²) in [6.07, 6.45) is 0. The zero-order valence-corrected chi connectivity index (χ0v) is 11.1. The first-order valence-corrected chi connectivity index (χ1v) is 6.61. The molecular weight excluding hydrogens is 287 g/mol. The molecule has 1 aromatic rings. The van der Waals surface area contributed by atoms with Gasteiger partial charge in [-0.25, -0.2) is 17.5 Å². The molecule has 0 bridgehead atoms. The second-order valence-corrected chi connectivity index (χ2v) is 5.33. The molecule has 10 heteroatoms. The minimum Gasteiger partial charge on any atom is -0.382 e. The summed E-state index contributed by atoms with van der Waals surface area (Å²) in [5.41, 5.74) is 6.50. The number of hydrogen-bond donors (Lipinski definition) is 4. The molecule has 0 saturated carbocycles. The van der Waals surface area contributed by atoms with Gasteiger partial charge in [0.2, 0.25) is 15.7 Å². The Kier molecular flexibility index (Phi) is 4.73. The van der Waals surface area contributed by atoms with Crippen LogP contribution in [-0.2, 0) is 10.0 Å². The quantitative estimate of drug-likeness (QED) is 0.342. The predicted octanol–water partition coefficient (Wildman–Crippen LogP) is -0.0388. The smallest absolute Gasteiger partial charge is 0.240 e. The standard InChI is InChI=1S/C10H11FN6O2S/c1-15-20(18,19)6-2-3-7(11)8(4-6)16-17-9(5-12)10(13)14/h2-4,15-16H,1H3,(H3,13,14)/b17-9+. The Morgan fingerprint density at radius 1 is 1.55 bits per heavy atom. The van der Waals surface area contributed by atoms with Crippen LogP contribution in [0.2, 0.25) is 0 Å². The minimum absolute atomic E-state index is 0.180. The molecule has 0 amide bonds. The fourth-order valence-corrected chi connectivity index (χ4v) is 1.89. The highest BCUT2D eigenvalue weighted by Crippen LogP contribution is 2.19. The van der Waals surface area contributed by atoms with E-state index in [2.05, 4.69) is 15.2 Å². The van der Waals surface area contributed by atoms with Crippen molar-refractivity contribution in [2.45, 2.75) is 4.90 Å². The lowest BCUT2D eigenvalue weighted by Gasteiger charge is -2.07. The maximum absolute atomic E-state index is 13.5. The van der Waals surface area contributed by atoms with E-state index < -0.39 is 27.4 Å². The van der Waals surface area contributed by atoms with Crippen LogP contribution >= 0.6 is 0 Å². The van der Waals surface area contributed by atoms with Crippen molar-refractivity contribution in [2.24, 2.45) is 10.8 Å². The lowest BCUT2D eigenvalue weighted by atomic mass is 10.3. The molecule has 0 spiro atoms. The van der Waals surface area contributed by atoms with E-state index in [1.165, 1.54) is 13.1 Å². The number of hydrazone groups is 1. The first-order chi connectivity index (χ1) is 9.31. The number of nitrogens with one attached hydrogen (secondary N) is 3. The molecule has 0 fully saturated rings. The molecule has 1 rings (SSSR count). The fraction of sp³-hybridized carbons (Fsp3) is 0.100. The molecular formula is C10H11FN6O2S. The van der Waals surface area contributed by atoms with Crippen LogP contribution in [0.5, 0.6) is 0 Å². The van der Waals surface area contributed by atoms with Gasteiger partial charge in [0.1, 0.15) is 11.9 Å². The van der Waals surface area contributed by atoms with Gasteiger partial charge in [0, 0.05) is 0 Å². The molecule has 0 aliphatic heterocycles. The highest BCUT2D eigenvalue weighted by Gasteiger charge is 2.14. The number of anilines is 1. The highest BCUT2D eigenvalue weighted by atomic mass is 32.2. The second kappa shape index (κ2) is 6.09. The third-order valence-corrected chi connectivity index (χ3v) is 3.58. The van der Waals surface area contributed by atoms with Gasteiger partial charge in [0.25, 0.3) is 0 Å². The van der Waals surface area contributed by atoms with E-state index in [1.54, 1.807) is 0 Å². The predicted molar refractivity (Wildman–Crippen MR) is 71.2 cm³/mol. The molecule has 20 heavy (non-hydrogen) atoms. The van der Waals surface area contributed by atoms with Gasteiger partial charge in [-0.05, 0) is 25.2 Å². The summed E-state index contributed by atoms with van der Waals surface area (Å²) in [5.74, 6) is -1.37. The Morgan fingerprint density at radius 2 is 2.20 bits per heavy atom. The van der Waals surface area contributed by atoms with E-state index in [0.29, 0.717) is 0 Å². The molecule has 0 heterocycles. The summed E-state index contributed by atoms with van der Waals surface area (Å²) >= 11 is 0. The van der Waals surface area contributed by atoms with Gasteiger partial charge < -0.3 is 5.73 Å². The highest BCUT2D eigenvalue weighted by molar-refractivity contribution is 7.89. The Morgan fingerprint density at radius 3 is 2.70 bits per heavy atom. The third kappa shape index (κ3) is 3.50. The number of nitriles is 1. The molecule has 8 nitrogen and oxygen atoms in total. The average molecular weight is 298 g/mol. The zero-order valence-electron chi connectivity index (χ0n) is 10.3. The lowest BCUT2D eigenvalue weighted by molar-refractivity contribution is 0.587. The van der Waals surface area contributed by atoms with Crippen molar-refractivity contribution in [3.8, 4) is 6.07 Å². The van der Waals surface area contributed by atoms with Crippen molar-refractivity contribution in [2.75, 3.05) is 12.5 Å². The summed E-state index contributed by atoms with van der Waals surface area (Å²) in [5, 5.41) is 19.1. The average Bonchev–Trinajstić information content (AvgIpc) is 2.40. The van der Waals surface area contributed by atoms with Crippen molar-refractivity contribution in [1.29, 1.82) is 10.7 Å². The molecule has 106 valence electrons. The summed E-state index contributed by atoms with van der Waals surface area (Å²) in [6, 6.07) is 4.54. The van der Waals surface area contributed by atoms with Gasteiger partial charge in [-0.3, -0.25) is 10.8 Å². The zero-order chi connectivity index (χ0) is 15.3. The first kappa shape index (κ1) is 15.5. The molecule has 0 radical (unpaired) electrons. The van der Waals surface area contributed by atoms with Crippen LogP contribution in [0, 0.1) is 22.6 Å². The fourth-order valence-electron chi connectivity index (χ4n) is 1.14. The molecule has 0 saturated heterocycles. The number of nitrogens with zero attached hydrogens (tertiary/aromatic N) is 2. The van der Waals surface area contributed by atoms with Crippen LogP contribution in [0.3, 0.4) is 0 Å². The number of rotatable bonds is 5. The van der Waals surface area contributed by atoms with Crippen LogP contribution in [-0.4, -0.2) is 27.0 Å². The Bertz CT molecular complexity index is 707. The van der Waals surface area contributed by atoms with Crippen molar-refractivity contribution in [3.05, 3.63) is 24.0 Å². The van der Waals surface area contributed by atoms with Gasteiger partial charge >= 0.3 is 0 Å². The van der Waals surface area contributed by atoms with Gasteiger partial charge in [-0.15, -0.1) is 0 Å². The number of hydrogen-bond acceptors (Lipinski definition) is 6. The van der Waals surface area contributed by atoms with Crippen molar-refractivity contribution in [3.63, 3.8) is 0 Å². The normalized spacial score (nSPS) is 11.8. The van der Waals surface area contributed by atoms with Gasteiger partial charge in [-0.1, -0.05) is 0 Å². The van der Waals surface area contributed by atoms with Gasteiger partial charge in [0.05, 0.1) is 10.6 Å². The van der Waals surface area contributed by atoms with Crippen molar-refractivity contribution >= 4 is 27.3 Å². The van der Waals surface area contributed by atoms with Crippen LogP contribution in [0.4, 0.5) is 10.1 Å². The largest absolute Gasteiger partial charge is 0.382 e. The molecule has 0 aliphatic rings. The monoisotopic (exact) mass is 298 g/mol. The Hall–Kier alpha value is -2.51. The van der Waals surface area contributed by atoms with E-state index in [9.17, 15) is 12.8 Å². The van der Waals surface area contributed by atoms with E-state index >= 15 is 0 Å². The van der Waals surface area contributed by atoms with Gasteiger partial charge in [0.15, 0.2) is 5.84 Å². The minimum atomic E-state index is -3.73. The van der Waals surface area contributed by atoms with E-state index in [-0.39, 0.29) is 10.6 Å². The van der Waals surface area contributed by atoms with E-state index in [0.717, 1.165) is 18.2 Å². The van der Waals surface area contributed by atoms with Crippen LogP contribution in [0.1, 0.15) is 0 Å². The van der Waals surface area contributed by atoms with Crippen molar-refractivity contribution < 1.29 is 12.8 Å². The summed E-state index contributed by atoms with van der Waals surface area (Å²) in [7, 11) is -2.52. The molecule has 1 aromatic carbocycles.